The molecule has 0 aliphatic carbocycles. The van der Waals surface area contributed by atoms with Crippen LogP contribution in [0.3, 0.4) is 0 Å². The van der Waals surface area contributed by atoms with E-state index in [0.29, 0.717) is 17.3 Å². The second-order valence-electron chi connectivity index (χ2n) is 7.50. The van der Waals surface area contributed by atoms with Gasteiger partial charge in [0.1, 0.15) is 11.5 Å². The minimum Gasteiger partial charge on any atom is -0.347 e. The minimum absolute atomic E-state index is 0.124. The fourth-order valence-corrected chi connectivity index (χ4v) is 2.83. The second kappa shape index (κ2) is 7.48. The van der Waals surface area contributed by atoms with E-state index in [2.05, 4.69) is 26.4 Å². The summed E-state index contributed by atoms with van der Waals surface area (Å²) in [5.41, 5.74) is 4.25. The van der Waals surface area contributed by atoms with Gasteiger partial charge >= 0.3 is 0 Å². The number of aromatic nitrogens is 4. The molecule has 1 amide bonds. The van der Waals surface area contributed by atoms with Crippen molar-refractivity contribution in [1.82, 2.24) is 25.1 Å². The molecule has 3 aromatic rings. The number of benzene rings is 1. The predicted molar refractivity (Wildman–Crippen MR) is 106 cm³/mol. The maximum absolute atomic E-state index is 12.2. The summed E-state index contributed by atoms with van der Waals surface area (Å²) in [4.78, 5) is 20.4. The summed E-state index contributed by atoms with van der Waals surface area (Å²) in [6.07, 6.45) is 4.81. The van der Waals surface area contributed by atoms with Crippen molar-refractivity contribution in [2.75, 3.05) is 0 Å². The Morgan fingerprint density at radius 3 is 2.67 bits per heavy atom. The Morgan fingerprint density at radius 1 is 1.22 bits per heavy atom. The molecule has 0 spiro atoms. The van der Waals surface area contributed by atoms with Gasteiger partial charge in [-0.2, -0.15) is 5.10 Å². The molecule has 0 saturated heterocycles. The molecule has 0 fully saturated rings. The number of nitrogens with zero attached hydrogens (tertiary/aromatic N) is 4. The SMILES string of the molecule is Cc1cc(-c2cc(Cl)ncn2)ccc1Cn1cc(C(=O)NC(C)(C)C)cn1. The average Bonchev–Trinajstić information content (AvgIpc) is 3.04. The van der Waals surface area contributed by atoms with Gasteiger partial charge in [-0.3, -0.25) is 9.48 Å². The highest BCUT2D eigenvalue weighted by Gasteiger charge is 2.16. The maximum atomic E-state index is 12.2. The summed E-state index contributed by atoms with van der Waals surface area (Å²) in [7, 11) is 0. The van der Waals surface area contributed by atoms with Crippen LogP contribution in [0, 0.1) is 6.92 Å². The van der Waals surface area contributed by atoms with E-state index in [9.17, 15) is 4.79 Å². The molecule has 2 heterocycles. The first-order valence-electron chi connectivity index (χ1n) is 8.64. The maximum Gasteiger partial charge on any atom is 0.254 e. The molecule has 1 aromatic carbocycles. The Balaban J connectivity index is 1.76. The normalized spacial score (nSPS) is 11.4. The van der Waals surface area contributed by atoms with Crippen LogP contribution in [-0.4, -0.2) is 31.2 Å². The molecule has 0 radical (unpaired) electrons. The van der Waals surface area contributed by atoms with Crippen LogP contribution in [-0.2, 0) is 6.54 Å². The van der Waals surface area contributed by atoms with Gasteiger partial charge in [0.15, 0.2) is 0 Å². The van der Waals surface area contributed by atoms with Gasteiger partial charge in [0.25, 0.3) is 5.91 Å². The topological polar surface area (TPSA) is 72.7 Å². The molecule has 0 atom stereocenters. The Morgan fingerprint density at radius 2 is 2.00 bits per heavy atom. The Kier molecular flexibility index (Phi) is 5.28. The third-order valence-corrected chi connectivity index (χ3v) is 4.20. The van der Waals surface area contributed by atoms with Crippen LogP contribution in [0.5, 0.6) is 0 Å². The fraction of sp³-hybridized carbons (Fsp3) is 0.300. The van der Waals surface area contributed by atoms with Crippen LogP contribution < -0.4 is 5.32 Å². The highest BCUT2D eigenvalue weighted by molar-refractivity contribution is 6.29. The van der Waals surface area contributed by atoms with Crippen LogP contribution in [0.2, 0.25) is 5.15 Å². The van der Waals surface area contributed by atoms with Crippen LogP contribution in [0.25, 0.3) is 11.3 Å². The summed E-state index contributed by atoms with van der Waals surface area (Å²) >= 11 is 5.95. The van der Waals surface area contributed by atoms with Crippen molar-refractivity contribution in [2.24, 2.45) is 0 Å². The summed E-state index contributed by atoms with van der Waals surface area (Å²) in [6.45, 7) is 8.47. The summed E-state index contributed by atoms with van der Waals surface area (Å²) in [5, 5.41) is 7.67. The van der Waals surface area contributed by atoms with Crippen molar-refractivity contribution in [2.45, 2.75) is 39.8 Å². The molecule has 0 bridgehead atoms. The van der Waals surface area contributed by atoms with Crippen molar-refractivity contribution in [3.8, 4) is 11.3 Å². The largest absolute Gasteiger partial charge is 0.347 e. The third kappa shape index (κ3) is 4.92. The lowest BCUT2D eigenvalue weighted by Gasteiger charge is -2.19. The summed E-state index contributed by atoms with van der Waals surface area (Å²) < 4.78 is 1.77. The Bertz CT molecular complexity index is 974. The summed E-state index contributed by atoms with van der Waals surface area (Å²) in [6, 6.07) is 7.84. The van der Waals surface area contributed by atoms with E-state index in [1.165, 1.54) is 6.33 Å². The molecule has 2 aromatic heterocycles. The number of hydrogen-bond acceptors (Lipinski definition) is 4. The molecule has 6 nitrogen and oxygen atoms in total. The molecule has 0 unspecified atom stereocenters. The molecular formula is C20H22ClN5O. The van der Waals surface area contributed by atoms with Crippen molar-refractivity contribution in [3.63, 3.8) is 0 Å². The predicted octanol–water partition coefficient (Wildman–Crippen LogP) is 3.88. The number of carbonyl (C=O) groups excluding carboxylic acids is 1. The lowest BCUT2D eigenvalue weighted by molar-refractivity contribution is 0.0919. The monoisotopic (exact) mass is 383 g/mol. The first-order chi connectivity index (χ1) is 12.7. The Hall–Kier alpha value is -2.73. The number of halogens is 1. The highest BCUT2D eigenvalue weighted by Crippen LogP contribution is 2.22. The van der Waals surface area contributed by atoms with Gasteiger partial charge in [-0.1, -0.05) is 23.7 Å². The number of amides is 1. The number of rotatable bonds is 4. The zero-order valence-electron chi connectivity index (χ0n) is 15.8. The van der Waals surface area contributed by atoms with Gasteiger partial charge in [-0.05, 0) is 44.9 Å². The lowest BCUT2D eigenvalue weighted by Crippen LogP contribution is -2.40. The first-order valence-corrected chi connectivity index (χ1v) is 9.01. The first kappa shape index (κ1) is 19.0. The van der Waals surface area contributed by atoms with Crippen molar-refractivity contribution < 1.29 is 4.79 Å². The molecule has 0 saturated carbocycles. The third-order valence-electron chi connectivity index (χ3n) is 3.99. The number of nitrogens with one attached hydrogen (secondary N) is 1. The van der Waals surface area contributed by atoms with Crippen molar-refractivity contribution in [3.05, 3.63) is 64.8 Å². The minimum atomic E-state index is -0.282. The van der Waals surface area contributed by atoms with Gasteiger partial charge in [-0.15, -0.1) is 0 Å². The van der Waals surface area contributed by atoms with Crippen LogP contribution in [0.1, 0.15) is 42.3 Å². The molecule has 140 valence electrons. The van der Waals surface area contributed by atoms with E-state index >= 15 is 0 Å². The quantitative estimate of drug-likeness (QED) is 0.694. The fourth-order valence-electron chi connectivity index (χ4n) is 2.68. The zero-order valence-corrected chi connectivity index (χ0v) is 16.6. The molecular weight excluding hydrogens is 362 g/mol. The van der Waals surface area contributed by atoms with Crippen LogP contribution in [0.4, 0.5) is 0 Å². The van der Waals surface area contributed by atoms with Gasteiger partial charge in [-0.25, -0.2) is 9.97 Å². The molecule has 0 aliphatic rings. The molecule has 27 heavy (non-hydrogen) atoms. The molecule has 1 N–H and O–H groups in total. The van der Waals surface area contributed by atoms with Crippen LogP contribution >= 0.6 is 11.6 Å². The van der Waals surface area contributed by atoms with Crippen LogP contribution in [0.15, 0.2) is 43.0 Å². The van der Waals surface area contributed by atoms with Gasteiger partial charge in [0.2, 0.25) is 0 Å². The van der Waals surface area contributed by atoms with E-state index in [0.717, 1.165) is 22.4 Å². The Labute approximate surface area is 163 Å². The zero-order chi connectivity index (χ0) is 19.6. The lowest BCUT2D eigenvalue weighted by atomic mass is 10.0. The van der Waals surface area contributed by atoms with Crippen molar-refractivity contribution >= 4 is 17.5 Å². The molecule has 7 heteroatoms. The van der Waals surface area contributed by atoms with Gasteiger partial charge < -0.3 is 5.32 Å². The van der Waals surface area contributed by atoms with E-state index in [4.69, 9.17) is 11.6 Å². The average molecular weight is 384 g/mol. The smallest absolute Gasteiger partial charge is 0.254 e. The standard InChI is InChI=1S/C20H22ClN5O/c1-13-7-14(17-8-18(21)23-12-22-17)5-6-15(13)10-26-11-16(9-24-26)19(27)25-20(2,3)4/h5-9,11-12H,10H2,1-4H3,(H,25,27). The molecule has 3 rings (SSSR count). The van der Waals surface area contributed by atoms with E-state index in [1.807, 2.05) is 39.8 Å². The second-order valence-corrected chi connectivity index (χ2v) is 7.89. The van der Waals surface area contributed by atoms with E-state index in [1.54, 1.807) is 23.1 Å². The van der Waals surface area contributed by atoms with E-state index < -0.39 is 0 Å². The van der Waals surface area contributed by atoms with Crippen molar-refractivity contribution in [1.29, 1.82) is 0 Å². The number of hydrogen-bond donors (Lipinski definition) is 1. The van der Waals surface area contributed by atoms with Gasteiger partial charge in [0, 0.05) is 23.4 Å². The summed E-state index contributed by atoms with van der Waals surface area (Å²) in [5.74, 6) is -0.124. The highest BCUT2D eigenvalue weighted by atomic mass is 35.5. The molecule has 0 aliphatic heterocycles. The van der Waals surface area contributed by atoms with Gasteiger partial charge in [0.05, 0.1) is 24.0 Å². The number of aryl methyl sites for hydroxylation is 1. The number of carbonyl (C=O) groups is 1. The van der Waals surface area contributed by atoms with E-state index in [-0.39, 0.29) is 11.4 Å².